The third-order valence-corrected chi connectivity index (χ3v) is 5.18. The Labute approximate surface area is 137 Å². The van der Waals surface area contributed by atoms with Crippen LogP contribution in [0.5, 0.6) is 11.5 Å². The molecule has 2 aliphatic rings. The molecule has 2 saturated carbocycles. The fraction of sp³-hybridized carbons (Fsp3) is 0.579. The first kappa shape index (κ1) is 15.9. The fourth-order valence-electron chi connectivity index (χ4n) is 3.31. The summed E-state index contributed by atoms with van der Waals surface area (Å²) < 4.78 is 11.3. The van der Waals surface area contributed by atoms with Gasteiger partial charge in [0.1, 0.15) is 6.29 Å². The third-order valence-electron chi connectivity index (χ3n) is 5.18. The van der Waals surface area contributed by atoms with Crippen LogP contribution >= 0.6 is 0 Å². The van der Waals surface area contributed by atoms with Crippen molar-refractivity contribution in [2.24, 2.45) is 11.8 Å². The third kappa shape index (κ3) is 3.34. The van der Waals surface area contributed by atoms with Crippen LogP contribution in [-0.2, 0) is 10.2 Å². The second-order valence-electron chi connectivity index (χ2n) is 6.79. The van der Waals surface area contributed by atoms with Crippen LogP contribution in [0.2, 0.25) is 0 Å². The van der Waals surface area contributed by atoms with E-state index in [0.29, 0.717) is 18.3 Å². The van der Waals surface area contributed by atoms with Crippen molar-refractivity contribution < 1.29 is 14.3 Å². The van der Waals surface area contributed by atoms with E-state index < -0.39 is 5.41 Å². The summed E-state index contributed by atoms with van der Waals surface area (Å²) in [6, 6.07) is 8.33. The highest BCUT2D eigenvalue weighted by atomic mass is 16.5. The van der Waals surface area contributed by atoms with Crippen molar-refractivity contribution in [2.45, 2.75) is 43.9 Å². The first-order valence-electron chi connectivity index (χ1n) is 8.38. The number of carbonyl (C=O) groups is 1. The van der Waals surface area contributed by atoms with E-state index in [0.717, 1.165) is 43.3 Å². The minimum atomic E-state index is -0.510. The largest absolute Gasteiger partial charge is 0.493 e. The molecule has 0 aromatic heterocycles. The maximum absolute atomic E-state index is 11.0. The van der Waals surface area contributed by atoms with Crippen molar-refractivity contribution in [1.29, 1.82) is 5.26 Å². The van der Waals surface area contributed by atoms with Gasteiger partial charge in [0.2, 0.25) is 0 Å². The van der Waals surface area contributed by atoms with Gasteiger partial charge in [-0.15, -0.1) is 0 Å². The number of benzene rings is 1. The lowest BCUT2D eigenvalue weighted by atomic mass is 9.68. The zero-order valence-electron chi connectivity index (χ0n) is 13.6. The van der Waals surface area contributed by atoms with Gasteiger partial charge in [-0.3, -0.25) is 0 Å². The highest BCUT2D eigenvalue weighted by Gasteiger charge is 2.37. The van der Waals surface area contributed by atoms with Crippen molar-refractivity contribution in [3.8, 4) is 17.6 Å². The van der Waals surface area contributed by atoms with Gasteiger partial charge in [0.25, 0.3) is 0 Å². The Balaban J connectivity index is 1.83. The average molecular weight is 313 g/mol. The molecule has 0 spiro atoms. The number of nitriles is 1. The Morgan fingerprint density at radius 2 is 2.00 bits per heavy atom. The molecule has 0 radical (unpaired) electrons. The Hall–Kier alpha value is -2.02. The number of ether oxygens (including phenoxy) is 2. The second-order valence-corrected chi connectivity index (χ2v) is 6.79. The topological polar surface area (TPSA) is 59.3 Å². The van der Waals surface area contributed by atoms with Gasteiger partial charge in [0.15, 0.2) is 11.5 Å². The Morgan fingerprint density at radius 3 is 2.57 bits per heavy atom. The first-order valence-corrected chi connectivity index (χ1v) is 8.38. The predicted octanol–water partition coefficient (Wildman–Crippen LogP) is 3.63. The minimum absolute atomic E-state index is 0.0975. The van der Waals surface area contributed by atoms with Gasteiger partial charge in [-0.2, -0.15) is 5.26 Å². The molecule has 4 heteroatoms. The summed E-state index contributed by atoms with van der Waals surface area (Å²) >= 11 is 0. The lowest BCUT2D eigenvalue weighted by molar-refractivity contribution is -0.112. The Morgan fingerprint density at radius 1 is 1.26 bits per heavy atom. The lowest BCUT2D eigenvalue weighted by Crippen LogP contribution is -2.30. The molecule has 23 heavy (non-hydrogen) atoms. The van der Waals surface area contributed by atoms with Crippen LogP contribution in [0.3, 0.4) is 0 Å². The maximum Gasteiger partial charge on any atom is 0.161 e. The Kier molecular flexibility index (Phi) is 4.56. The van der Waals surface area contributed by atoms with Crippen LogP contribution in [0.25, 0.3) is 0 Å². The molecular weight excluding hydrogens is 290 g/mol. The molecule has 3 rings (SSSR count). The monoisotopic (exact) mass is 313 g/mol. The molecule has 0 aliphatic heterocycles. The summed E-state index contributed by atoms with van der Waals surface area (Å²) in [5.74, 6) is 2.20. The summed E-state index contributed by atoms with van der Waals surface area (Å²) in [4.78, 5) is 11.0. The van der Waals surface area contributed by atoms with Crippen molar-refractivity contribution in [3.05, 3.63) is 23.8 Å². The normalized spacial score (nSPS) is 27.0. The van der Waals surface area contributed by atoms with E-state index in [-0.39, 0.29) is 5.92 Å². The summed E-state index contributed by atoms with van der Waals surface area (Å²) in [5.41, 5.74) is 0.472. The van der Waals surface area contributed by atoms with Gasteiger partial charge in [-0.1, -0.05) is 6.07 Å². The van der Waals surface area contributed by atoms with Crippen LogP contribution in [0.15, 0.2) is 18.2 Å². The van der Waals surface area contributed by atoms with Crippen LogP contribution in [0, 0.1) is 23.2 Å². The molecule has 4 nitrogen and oxygen atoms in total. The molecule has 0 amide bonds. The van der Waals surface area contributed by atoms with Gasteiger partial charge in [-0.05, 0) is 62.1 Å². The predicted molar refractivity (Wildman–Crippen MR) is 86.5 cm³/mol. The summed E-state index contributed by atoms with van der Waals surface area (Å²) in [7, 11) is 1.63. The van der Waals surface area contributed by atoms with Gasteiger partial charge in [-0.25, -0.2) is 0 Å². The number of nitrogens with zero attached hydrogens (tertiary/aromatic N) is 1. The summed E-state index contributed by atoms with van der Waals surface area (Å²) in [6.07, 6.45) is 6.50. The number of aldehydes is 1. The molecule has 0 saturated heterocycles. The molecule has 2 aliphatic carbocycles. The highest BCUT2D eigenvalue weighted by Crippen LogP contribution is 2.43. The van der Waals surface area contributed by atoms with Crippen LogP contribution < -0.4 is 9.47 Å². The molecule has 1 aromatic rings. The van der Waals surface area contributed by atoms with Crippen molar-refractivity contribution in [1.82, 2.24) is 0 Å². The standard InChI is InChI=1S/C19H23NO3/c1-22-17-5-4-16(10-18(17)23-12-15-2-3-15)19(13-20)8-6-14(11-21)7-9-19/h4-5,10-11,14-15H,2-3,6-9,12H2,1H3. The number of carbonyl (C=O) groups excluding carboxylic acids is 1. The van der Waals surface area contributed by atoms with E-state index in [4.69, 9.17) is 9.47 Å². The number of hydrogen-bond acceptors (Lipinski definition) is 4. The molecule has 0 heterocycles. The molecule has 1 aromatic carbocycles. The van der Waals surface area contributed by atoms with Gasteiger partial charge in [0.05, 0.1) is 25.2 Å². The lowest BCUT2D eigenvalue weighted by Gasteiger charge is -2.33. The maximum atomic E-state index is 11.0. The van der Waals surface area contributed by atoms with Gasteiger partial charge < -0.3 is 14.3 Å². The smallest absolute Gasteiger partial charge is 0.161 e. The number of methoxy groups -OCH3 is 1. The molecular formula is C19H23NO3. The highest BCUT2D eigenvalue weighted by molar-refractivity contribution is 5.54. The van der Waals surface area contributed by atoms with Crippen molar-refractivity contribution in [2.75, 3.05) is 13.7 Å². The fourth-order valence-corrected chi connectivity index (χ4v) is 3.31. The number of hydrogen-bond donors (Lipinski definition) is 0. The zero-order chi connectivity index (χ0) is 16.3. The van der Waals surface area contributed by atoms with Crippen molar-refractivity contribution >= 4 is 6.29 Å². The van der Waals surface area contributed by atoms with Crippen LogP contribution in [-0.4, -0.2) is 20.0 Å². The number of rotatable bonds is 6. The van der Waals surface area contributed by atoms with E-state index in [1.54, 1.807) is 7.11 Å². The van der Waals surface area contributed by atoms with Crippen molar-refractivity contribution in [3.63, 3.8) is 0 Å². The van der Waals surface area contributed by atoms with Crippen LogP contribution in [0.4, 0.5) is 0 Å². The van der Waals surface area contributed by atoms with Crippen LogP contribution in [0.1, 0.15) is 44.1 Å². The van der Waals surface area contributed by atoms with Gasteiger partial charge >= 0.3 is 0 Å². The Bertz CT molecular complexity index is 608. The first-order chi connectivity index (χ1) is 11.2. The van der Waals surface area contributed by atoms with E-state index >= 15 is 0 Å². The summed E-state index contributed by atoms with van der Waals surface area (Å²) in [5, 5.41) is 9.79. The van der Waals surface area contributed by atoms with E-state index in [1.165, 1.54) is 12.8 Å². The molecule has 0 unspecified atom stereocenters. The molecule has 122 valence electrons. The van der Waals surface area contributed by atoms with E-state index in [1.807, 2.05) is 18.2 Å². The average Bonchev–Trinajstić information content (AvgIpc) is 3.44. The molecule has 2 fully saturated rings. The minimum Gasteiger partial charge on any atom is -0.493 e. The van der Waals surface area contributed by atoms with E-state index in [2.05, 4.69) is 6.07 Å². The molecule has 0 N–H and O–H groups in total. The second kappa shape index (κ2) is 6.62. The quantitative estimate of drug-likeness (QED) is 0.752. The zero-order valence-corrected chi connectivity index (χ0v) is 13.6. The van der Waals surface area contributed by atoms with Gasteiger partial charge in [0, 0.05) is 5.92 Å². The molecule has 0 bridgehead atoms. The SMILES string of the molecule is COc1ccc(C2(C#N)CCC(C=O)CC2)cc1OCC1CC1. The summed E-state index contributed by atoms with van der Waals surface area (Å²) in [6.45, 7) is 0.715. The molecule has 0 atom stereocenters. The van der Waals surface area contributed by atoms with E-state index in [9.17, 15) is 10.1 Å².